The van der Waals surface area contributed by atoms with Gasteiger partial charge in [0, 0.05) is 6.04 Å². The van der Waals surface area contributed by atoms with Gasteiger partial charge in [-0.1, -0.05) is 25.7 Å². The number of fused-ring (bicyclic) bond motifs is 1. The van der Waals surface area contributed by atoms with E-state index in [2.05, 4.69) is 25.3 Å². The number of hydrogen-bond acceptors (Lipinski definition) is 4. The van der Waals surface area contributed by atoms with E-state index < -0.39 is 0 Å². The number of H-pyrrole nitrogens is 1. The van der Waals surface area contributed by atoms with E-state index in [1.807, 2.05) is 6.92 Å². The molecule has 1 aliphatic carbocycles. The van der Waals surface area contributed by atoms with E-state index >= 15 is 0 Å². The maximum Gasteiger partial charge on any atom is 0.226 e. The molecular weight excluding hydrogens is 262 g/mol. The Balaban J connectivity index is 1.90. The summed E-state index contributed by atoms with van der Waals surface area (Å²) in [7, 11) is 0. The molecule has 2 heterocycles. The smallest absolute Gasteiger partial charge is 0.226 e. The van der Waals surface area contributed by atoms with Crippen LogP contribution in [0.1, 0.15) is 44.3 Å². The average molecular weight is 280 g/mol. The van der Waals surface area contributed by atoms with Crippen LogP contribution in [0.4, 0.5) is 5.82 Å². The zero-order chi connectivity index (χ0) is 13.2. The molecule has 2 aromatic rings. The summed E-state index contributed by atoms with van der Waals surface area (Å²) in [6.45, 7) is 1.91. The minimum atomic E-state index is 0.257. The van der Waals surface area contributed by atoms with Crippen molar-refractivity contribution in [1.82, 2.24) is 19.9 Å². The summed E-state index contributed by atoms with van der Waals surface area (Å²) >= 11 is 5.97. The molecule has 0 bridgehead atoms. The van der Waals surface area contributed by atoms with Crippen LogP contribution in [0.25, 0.3) is 11.2 Å². The first-order valence-corrected chi connectivity index (χ1v) is 7.26. The number of aromatic amines is 1. The maximum absolute atomic E-state index is 5.97. The highest BCUT2D eigenvalue weighted by atomic mass is 35.5. The van der Waals surface area contributed by atoms with Gasteiger partial charge in [-0.05, 0) is 31.4 Å². The van der Waals surface area contributed by atoms with Gasteiger partial charge < -0.3 is 10.3 Å². The van der Waals surface area contributed by atoms with Crippen molar-refractivity contribution in [1.29, 1.82) is 0 Å². The van der Waals surface area contributed by atoms with Gasteiger partial charge in [0.2, 0.25) is 5.28 Å². The summed E-state index contributed by atoms with van der Waals surface area (Å²) in [5, 5.41) is 3.76. The number of aryl methyl sites for hydroxylation is 1. The zero-order valence-corrected chi connectivity index (χ0v) is 11.8. The Kier molecular flexibility index (Phi) is 3.55. The van der Waals surface area contributed by atoms with Crippen LogP contribution in [-0.4, -0.2) is 26.0 Å². The molecule has 0 unspecified atom stereocenters. The van der Waals surface area contributed by atoms with Crippen molar-refractivity contribution in [2.75, 3.05) is 5.32 Å². The van der Waals surface area contributed by atoms with Crippen LogP contribution in [0.15, 0.2) is 0 Å². The first-order chi connectivity index (χ1) is 9.22. The molecule has 3 rings (SSSR count). The van der Waals surface area contributed by atoms with Crippen molar-refractivity contribution in [3.05, 3.63) is 11.1 Å². The van der Waals surface area contributed by atoms with Crippen molar-refractivity contribution in [3.8, 4) is 0 Å². The minimum absolute atomic E-state index is 0.257. The lowest BCUT2D eigenvalue weighted by Gasteiger charge is -2.16. The van der Waals surface area contributed by atoms with E-state index in [1.165, 1.54) is 38.5 Å². The fourth-order valence-corrected chi connectivity index (χ4v) is 2.87. The third-order valence-corrected chi connectivity index (χ3v) is 3.80. The van der Waals surface area contributed by atoms with Crippen LogP contribution >= 0.6 is 11.6 Å². The lowest BCUT2D eigenvalue weighted by Crippen LogP contribution is -2.19. The number of nitrogens with zero attached hydrogens (tertiary/aromatic N) is 3. The van der Waals surface area contributed by atoms with Crippen LogP contribution in [0, 0.1) is 6.92 Å². The summed E-state index contributed by atoms with van der Waals surface area (Å²) in [6, 6.07) is 0.466. The molecule has 0 saturated heterocycles. The zero-order valence-electron chi connectivity index (χ0n) is 11.0. The molecule has 1 fully saturated rings. The van der Waals surface area contributed by atoms with Gasteiger partial charge in [-0.2, -0.15) is 9.97 Å². The van der Waals surface area contributed by atoms with Gasteiger partial charge in [0.15, 0.2) is 17.0 Å². The van der Waals surface area contributed by atoms with Gasteiger partial charge in [-0.3, -0.25) is 0 Å². The molecule has 6 heteroatoms. The fourth-order valence-electron chi connectivity index (χ4n) is 2.71. The molecular formula is C13H18ClN5. The predicted molar refractivity (Wildman–Crippen MR) is 76.5 cm³/mol. The van der Waals surface area contributed by atoms with Crippen LogP contribution in [0.5, 0.6) is 0 Å². The third-order valence-electron chi connectivity index (χ3n) is 3.63. The summed E-state index contributed by atoms with van der Waals surface area (Å²) in [6.07, 6.45) is 7.59. The normalized spacial score (nSPS) is 17.6. The molecule has 0 atom stereocenters. The van der Waals surface area contributed by atoms with E-state index in [4.69, 9.17) is 11.6 Å². The van der Waals surface area contributed by atoms with Crippen molar-refractivity contribution in [2.24, 2.45) is 0 Å². The number of nitrogens with one attached hydrogen (secondary N) is 2. The summed E-state index contributed by atoms with van der Waals surface area (Å²) < 4.78 is 0. The van der Waals surface area contributed by atoms with E-state index in [0.717, 1.165) is 17.2 Å². The third kappa shape index (κ3) is 2.81. The fraction of sp³-hybridized carbons (Fsp3) is 0.615. The first kappa shape index (κ1) is 12.7. The lowest BCUT2D eigenvalue weighted by atomic mass is 10.1. The number of rotatable bonds is 2. The number of aromatic nitrogens is 4. The van der Waals surface area contributed by atoms with Crippen LogP contribution in [0.2, 0.25) is 5.28 Å². The molecule has 0 aromatic carbocycles. The number of halogens is 1. The Hall–Kier alpha value is -1.36. The topological polar surface area (TPSA) is 66.5 Å². The number of anilines is 1. The Bertz CT molecular complexity index is 572. The van der Waals surface area contributed by atoms with E-state index in [9.17, 15) is 0 Å². The molecule has 0 aliphatic heterocycles. The van der Waals surface area contributed by atoms with Gasteiger partial charge in [0.1, 0.15) is 5.82 Å². The van der Waals surface area contributed by atoms with Crippen LogP contribution in [0.3, 0.4) is 0 Å². The molecule has 5 nitrogen and oxygen atoms in total. The largest absolute Gasteiger partial charge is 0.365 e. The molecule has 0 spiro atoms. The molecule has 2 N–H and O–H groups in total. The Labute approximate surface area is 117 Å². The quantitative estimate of drug-likeness (QED) is 0.653. The Morgan fingerprint density at radius 2 is 1.84 bits per heavy atom. The molecule has 102 valence electrons. The highest BCUT2D eigenvalue weighted by molar-refractivity contribution is 6.28. The molecule has 2 aromatic heterocycles. The maximum atomic E-state index is 5.97. The van der Waals surface area contributed by atoms with Crippen LogP contribution < -0.4 is 5.32 Å². The number of imidazole rings is 1. The van der Waals surface area contributed by atoms with Gasteiger partial charge in [0.25, 0.3) is 0 Å². The lowest BCUT2D eigenvalue weighted by molar-refractivity contribution is 0.618. The van der Waals surface area contributed by atoms with Gasteiger partial charge in [-0.15, -0.1) is 0 Å². The van der Waals surface area contributed by atoms with Gasteiger partial charge in [0.05, 0.1) is 0 Å². The highest BCUT2D eigenvalue weighted by Crippen LogP contribution is 2.24. The highest BCUT2D eigenvalue weighted by Gasteiger charge is 2.16. The monoisotopic (exact) mass is 279 g/mol. The molecule has 19 heavy (non-hydrogen) atoms. The molecule has 1 saturated carbocycles. The van der Waals surface area contributed by atoms with Crippen molar-refractivity contribution in [3.63, 3.8) is 0 Å². The number of hydrogen-bond donors (Lipinski definition) is 2. The Morgan fingerprint density at radius 3 is 2.58 bits per heavy atom. The minimum Gasteiger partial charge on any atom is -0.365 e. The second kappa shape index (κ2) is 5.33. The summed E-state index contributed by atoms with van der Waals surface area (Å²) in [5.41, 5.74) is 1.49. The van der Waals surface area contributed by atoms with E-state index in [1.54, 1.807) is 0 Å². The first-order valence-electron chi connectivity index (χ1n) is 6.89. The molecule has 1 aliphatic rings. The van der Waals surface area contributed by atoms with Gasteiger partial charge >= 0.3 is 0 Å². The summed E-state index contributed by atoms with van der Waals surface area (Å²) in [5.74, 6) is 1.58. The summed E-state index contributed by atoms with van der Waals surface area (Å²) in [4.78, 5) is 16.0. The average Bonchev–Trinajstić information content (AvgIpc) is 2.59. The van der Waals surface area contributed by atoms with E-state index in [0.29, 0.717) is 11.7 Å². The second-order valence-electron chi connectivity index (χ2n) is 5.19. The van der Waals surface area contributed by atoms with Crippen molar-refractivity contribution >= 4 is 28.6 Å². The predicted octanol–water partition coefficient (Wildman–Crippen LogP) is 3.45. The second-order valence-corrected chi connectivity index (χ2v) is 5.53. The molecule has 0 amide bonds. The standard InChI is InChI=1S/C13H18ClN5/c1-8-15-10-11(16-8)18-13(14)19-12(10)17-9-6-4-2-3-5-7-9/h9H,2-7H2,1H3,(H2,15,16,17,18,19). The Morgan fingerprint density at radius 1 is 1.11 bits per heavy atom. The van der Waals surface area contributed by atoms with Crippen molar-refractivity contribution in [2.45, 2.75) is 51.5 Å². The van der Waals surface area contributed by atoms with Crippen LogP contribution in [-0.2, 0) is 0 Å². The molecule has 0 radical (unpaired) electrons. The van der Waals surface area contributed by atoms with E-state index in [-0.39, 0.29) is 5.28 Å². The van der Waals surface area contributed by atoms with Gasteiger partial charge in [-0.25, -0.2) is 4.98 Å². The SMILES string of the molecule is Cc1nc2c(NC3CCCCCC3)nc(Cl)nc2[nH]1. The van der Waals surface area contributed by atoms with Crippen molar-refractivity contribution < 1.29 is 0 Å².